The third-order valence-electron chi connectivity index (χ3n) is 5.46. The van der Waals surface area contributed by atoms with E-state index in [4.69, 9.17) is 15.4 Å². The third-order valence-corrected chi connectivity index (χ3v) is 5.46. The van der Waals surface area contributed by atoms with Crippen LogP contribution in [0, 0.1) is 13.7 Å². The van der Waals surface area contributed by atoms with E-state index in [1.165, 1.54) is 30.3 Å². The van der Waals surface area contributed by atoms with Crippen LogP contribution in [0.2, 0.25) is 0 Å². The number of aromatic nitrogens is 2. The quantitative estimate of drug-likeness (QED) is 0.313. The molecule has 0 fully saturated rings. The number of benzene rings is 2. The Balaban J connectivity index is 1.58. The maximum absolute atomic E-state index is 9.02. The lowest BCUT2D eigenvalue weighted by atomic mass is 9.79. The number of hydrogen-bond acceptors (Lipinski definition) is 3. The summed E-state index contributed by atoms with van der Waals surface area (Å²) in [6.07, 6.45) is -0.230. The van der Waals surface area contributed by atoms with Crippen molar-refractivity contribution >= 4 is 22.1 Å². The Kier molecular flexibility index (Phi) is 2.94. The minimum Gasteiger partial charge on any atom is -0.437 e. The monoisotopic (exact) mass is 414 g/mol. The average molecular weight is 415 g/mol. The van der Waals surface area contributed by atoms with E-state index in [9.17, 15) is 0 Å². The Hall–Kier alpha value is -3.46. The summed E-state index contributed by atoms with van der Waals surface area (Å²) in [5.74, 6) is 0. The Morgan fingerprint density at radius 3 is 2.65 bits per heavy atom. The Morgan fingerprint density at radius 1 is 0.968 bits per heavy atom. The van der Waals surface area contributed by atoms with Crippen LogP contribution in [0.25, 0.3) is 33.3 Å². The predicted molar refractivity (Wildman–Crippen MR) is 127 cm³/mol. The molecule has 5 rings (SSSR count). The lowest BCUT2D eigenvalue weighted by Crippen LogP contribution is -2.20. The first-order chi connectivity index (χ1) is 18.1. The van der Waals surface area contributed by atoms with Crippen molar-refractivity contribution in [2.75, 3.05) is 0 Å². The van der Waals surface area contributed by atoms with E-state index in [0.717, 1.165) is 5.39 Å². The molecule has 0 bridgehead atoms. The highest BCUT2D eigenvalue weighted by Gasteiger charge is 2.23. The van der Waals surface area contributed by atoms with E-state index in [0.29, 0.717) is 33.4 Å². The van der Waals surface area contributed by atoms with E-state index < -0.39 is 25.5 Å². The normalized spacial score (nSPS) is 17.1. The van der Waals surface area contributed by atoms with Gasteiger partial charge in [-0.15, -0.1) is 0 Å². The van der Waals surface area contributed by atoms with Gasteiger partial charge in [-0.2, -0.15) is 0 Å². The topological polar surface area (TPSA) is 38.9 Å². The fourth-order valence-corrected chi connectivity index (χ4v) is 3.83. The van der Waals surface area contributed by atoms with Gasteiger partial charge in [0.05, 0.1) is 5.69 Å². The van der Waals surface area contributed by atoms with Crippen LogP contribution < -0.4 is 0 Å². The Morgan fingerprint density at radius 2 is 1.84 bits per heavy atom. The Bertz CT molecular complexity index is 1680. The molecule has 0 saturated heterocycles. The van der Waals surface area contributed by atoms with Gasteiger partial charge in [-0.1, -0.05) is 55.8 Å². The molecule has 3 nitrogen and oxygen atoms in total. The van der Waals surface area contributed by atoms with Crippen molar-refractivity contribution in [2.45, 2.75) is 39.3 Å². The van der Waals surface area contributed by atoms with Crippen molar-refractivity contribution < 1.29 is 15.4 Å². The fraction of sp³-hybridized carbons (Fsp3) is 0.214. The smallest absolute Gasteiger partial charge is 0.227 e. The second-order valence-electron chi connectivity index (χ2n) is 8.09. The van der Waals surface area contributed by atoms with Crippen molar-refractivity contribution in [1.29, 1.82) is 0 Å². The van der Waals surface area contributed by atoms with Crippen LogP contribution in [-0.2, 0) is 11.8 Å². The summed E-state index contributed by atoms with van der Waals surface area (Å²) >= 11 is 0. The number of furan rings is 1. The second-order valence-corrected chi connectivity index (χ2v) is 8.09. The molecule has 0 aliphatic heterocycles. The molecule has 3 heteroatoms. The van der Waals surface area contributed by atoms with Gasteiger partial charge in [0, 0.05) is 39.2 Å². The number of fused-ring (bicyclic) bond motifs is 3. The maximum atomic E-state index is 9.02. The SMILES string of the molecule is [2H]C([2H])([2H])c1ccc(C([2H])([2H])C(C)(C)c2ccnc(-c3cccc4c3oc3nc(C([2H])([2H])[2H])ccc34)c2)cc1. The van der Waals surface area contributed by atoms with Gasteiger partial charge >= 0.3 is 0 Å². The van der Waals surface area contributed by atoms with Gasteiger partial charge in [0.2, 0.25) is 5.71 Å². The average Bonchev–Trinajstić information content (AvgIpc) is 3.26. The van der Waals surface area contributed by atoms with Gasteiger partial charge in [0.1, 0.15) is 5.58 Å². The number of para-hydroxylation sites is 1. The molecule has 31 heavy (non-hydrogen) atoms. The second kappa shape index (κ2) is 7.35. The van der Waals surface area contributed by atoms with E-state index >= 15 is 0 Å². The van der Waals surface area contributed by atoms with E-state index in [1.807, 2.05) is 24.3 Å². The summed E-state index contributed by atoms with van der Waals surface area (Å²) in [4.78, 5) is 8.77. The van der Waals surface area contributed by atoms with Gasteiger partial charge in [-0.3, -0.25) is 4.98 Å². The summed E-state index contributed by atoms with van der Waals surface area (Å²) in [7, 11) is 0. The summed E-state index contributed by atoms with van der Waals surface area (Å²) in [5, 5.41) is 1.46. The largest absolute Gasteiger partial charge is 0.437 e. The zero-order valence-electron chi connectivity index (χ0n) is 25.2. The minimum absolute atomic E-state index is 0.0494. The highest BCUT2D eigenvalue weighted by molar-refractivity contribution is 6.08. The molecule has 0 unspecified atom stereocenters. The van der Waals surface area contributed by atoms with Crippen molar-refractivity contribution in [3.8, 4) is 11.3 Å². The minimum atomic E-state index is -2.36. The molecular formula is C28H26N2O. The van der Waals surface area contributed by atoms with Crippen LogP contribution in [0.4, 0.5) is 0 Å². The molecule has 2 aromatic carbocycles. The number of hydrogen-bond donors (Lipinski definition) is 0. The van der Waals surface area contributed by atoms with Crippen LogP contribution in [0.1, 0.15) is 47.2 Å². The molecule has 3 heterocycles. The zero-order valence-corrected chi connectivity index (χ0v) is 17.2. The van der Waals surface area contributed by atoms with Crippen LogP contribution in [0.5, 0.6) is 0 Å². The lowest BCUT2D eigenvalue weighted by molar-refractivity contribution is 0.522. The van der Waals surface area contributed by atoms with E-state index in [-0.39, 0.29) is 17.0 Å². The third kappa shape index (κ3) is 3.61. The van der Waals surface area contributed by atoms with Crippen molar-refractivity contribution in [3.63, 3.8) is 0 Å². The van der Waals surface area contributed by atoms with Gasteiger partial charge in [0.15, 0.2) is 0 Å². The van der Waals surface area contributed by atoms with Crippen LogP contribution >= 0.6 is 0 Å². The summed E-state index contributed by atoms with van der Waals surface area (Å²) in [5.41, 5.74) is 2.10. The first kappa shape index (κ1) is 12.4. The van der Waals surface area contributed by atoms with Crippen LogP contribution in [-0.4, -0.2) is 9.97 Å². The molecule has 0 amide bonds. The number of rotatable bonds is 4. The molecule has 0 aliphatic rings. The highest BCUT2D eigenvalue weighted by atomic mass is 16.3. The molecule has 0 N–H and O–H groups in total. The van der Waals surface area contributed by atoms with Gasteiger partial charge in [-0.05, 0) is 67.0 Å². The summed E-state index contributed by atoms with van der Waals surface area (Å²) < 4.78 is 69.8. The van der Waals surface area contributed by atoms with E-state index in [1.54, 1.807) is 32.2 Å². The molecule has 154 valence electrons. The molecular weight excluding hydrogens is 380 g/mol. The number of pyridine rings is 2. The van der Waals surface area contributed by atoms with Crippen molar-refractivity contribution in [1.82, 2.24) is 9.97 Å². The molecule has 0 spiro atoms. The summed E-state index contributed by atoms with van der Waals surface area (Å²) in [6.45, 7) is -1.02. The van der Waals surface area contributed by atoms with E-state index in [2.05, 4.69) is 9.97 Å². The highest BCUT2D eigenvalue weighted by Crippen LogP contribution is 2.36. The fourth-order valence-electron chi connectivity index (χ4n) is 3.83. The molecule has 0 aliphatic carbocycles. The van der Waals surface area contributed by atoms with Crippen LogP contribution in [0.3, 0.4) is 0 Å². The predicted octanol–water partition coefficient (Wildman–Crippen LogP) is 7.18. The summed E-state index contributed by atoms with van der Waals surface area (Å²) in [6, 6.07) is 18.3. The first-order valence-corrected chi connectivity index (χ1v) is 10.0. The lowest BCUT2D eigenvalue weighted by Gasteiger charge is -2.26. The number of aryl methyl sites for hydroxylation is 2. The molecule has 0 saturated carbocycles. The van der Waals surface area contributed by atoms with Gasteiger partial charge < -0.3 is 4.42 Å². The van der Waals surface area contributed by atoms with Crippen LogP contribution in [0.15, 0.2) is 77.3 Å². The standard InChI is InChI=1S/C28H26N2O/c1-18-8-11-20(12-9-18)17-28(3,4)21-14-15-29-25(16-21)24-7-5-6-22-23-13-10-19(2)30-27(23)31-26(22)24/h5-16H,17H2,1-4H3/i1D3,2D3,17D2. The van der Waals surface area contributed by atoms with Crippen molar-refractivity contribution in [2.24, 2.45) is 0 Å². The number of nitrogens with zero attached hydrogens (tertiary/aromatic N) is 2. The molecule has 3 aromatic heterocycles. The maximum Gasteiger partial charge on any atom is 0.227 e. The van der Waals surface area contributed by atoms with Gasteiger partial charge in [-0.25, -0.2) is 4.98 Å². The first-order valence-electron chi connectivity index (χ1n) is 14.0. The Labute approximate surface area is 194 Å². The zero-order chi connectivity index (χ0) is 28.4. The van der Waals surface area contributed by atoms with Crippen molar-refractivity contribution in [3.05, 3.63) is 95.3 Å². The molecule has 0 radical (unpaired) electrons. The van der Waals surface area contributed by atoms with Gasteiger partial charge in [0.25, 0.3) is 0 Å². The molecule has 5 aromatic rings. The molecule has 0 atom stereocenters.